The van der Waals surface area contributed by atoms with Gasteiger partial charge in [0.05, 0.1) is 7.11 Å². The summed E-state index contributed by atoms with van der Waals surface area (Å²) in [5.74, 6) is 0.138. The molecule has 3 rings (SSSR count). The molecular weight excluding hydrogens is 292 g/mol. The molecular formula is C19H16O4. The number of methoxy groups -OCH3 is 1. The van der Waals surface area contributed by atoms with Gasteiger partial charge in [0, 0.05) is 5.39 Å². The molecule has 0 aliphatic rings. The number of hydrogen-bond acceptors (Lipinski definition) is 4. The van der Waals surface area contributed by atoms with E-state index in [-0.39, 0.29) is 17.9 Å². The van der Waals surface area contributed by atoms with Crippen LogP contribution in [0.15, 0.2) is 60.7 Å². The fraction of sp³-hybridized carbons (Fsp3) is 0.105. The molecule has 0 spiro atoms. The van der Waals surface area contributed by atoms with Crippen molar-refractivity contribution in [2.45, 2.75) is 6.61 Å². The summed E-state index contributed by atoms with van der Waals surface area (Å²) < 4.78 is 10.4. The molecule has 0 bridgehead atoms. The molecule has 0 amide bonds. The Labute approximate surface area is 133 Å². The van der Waals surface area contributed by atoms with Crippen molar-refractivity contribution in [3.05, 3.63) is 71.8 Å². The van der Waals surface area contributed by atoms with Gasteiger partial charge in [-0.1, -0.05) is 42.5 Å². The van der Waals surface area contributed by atoms with Crippen molar-refractivity contribution in [3.8, 4) is 11.5 Å². The topological polar surface area (TPSA) is 55.8 Å². The molecule has 0 heterocycles. The highest BCUT2D eigenvalue weighted by Gasteiger charge is 2.15. The second-order valence-corrected chi connectivity index (χ2v) is 5.11. The van der Waals surface area contributed by atoms with E-state index in [4.69, 9.17) is 9.47 Å². The van der Waals surface area contributed by atoms with Crippen LogP contribution in [0.25, 0.3) is 10.8 Å². The molecule has 1 N–H and O–H groups in total. The monoisotopic (exact) mass is 308 g/mol. The van der Waals surface area contributed by atoms with Gasteiger partial charge in [-0.3, -0.25) is 0 Å². The van der Waals surface area contributed by atoms with Gasteiger partial charge >= 0.3 is 5.97 Å². The summed E-state index contributed by atoms with van der Waals surface area (Å²) in [6.07, 6.45) is 0. The second-order valence-electron chi connectivity index (χ2n) is 5.11. The van der Waals surface area contributed by atoms with Crippen LogP contribution in [-0.4, -0.2) is 18.2 Å². The first-order valence-electron chi connectivity index (χ1n) is 7.20. The van der Waals surface area contributed by atoms with Gasteiger partial charge in [-0.25, -0.2) is 4.79 Å². The Hall–Kier alpha value is -3.01. The number of ether oxygens (including phenoxy) is 2. The number of aromatic hydroxyl groups is 1. The summed E-state index contributed by atoms with van der Waals surface area (Å²) in [7, 11) is 1.59. The van der Waals surface area contributed by atoms with Crippen molar-refractivity contribution < 1.29 is 19.4 Å². The summed E-state index contributed by atoms with van der Waals surface area (Å²) in [6, 6.07) is 18.0. The SMILES string of the molecule is COc1ccc(COC(=O)c2ccc3ccccc3c2O)cc1. The van der Waals surface area contributed by atoms with Gasteiger partial charge in [-0.2, -0.15) is 0 Å². The Bertz CT molecular complexity index is 838. The minimum absolute atomic E-state index is 0.0529. The Kier molecular flexibility index (Phi) is 4.15. The zero-order valence-corrected chi connectivity index (χ0v) is 12.7. The molecule has 0 aromatic heterocycles. The quantitative estimate of drug-likeness (QED) is 0.742. The first-order chi connectivity index (χ1) is 11.2. The van der Waals surface area contributed by atoms with Crippen molar-refractivity contribution >= 4 is 16.7 Å². The zero-order valence-electron chi connectivity index (χ0n) is 12.7. The number of benzene rings is 3. The van der Waals surface area contributed by atoms with Gasteiger partial charge < -0.3 is 14.6 Å². The van der Waals surface area contributed by atoms with Crippen LogP contribution in [0.3, 0.4) is 0 Å². The maximum atomic E-state index is 12.2. The largest absolute Gasteiger partial charge is 0.506 e. The van der Waals surface area contributed by atoms with Gasteiger partial charge in [0.15, 0.2) is 0 Å². The standard InChI is InChI=1S/C19H16O4/c1-22-15-9-6-13(7-10-15)12-23-19(21)17-11-8-14-4-2-3-5-16(14)18(17)20/h2-11,20H,12H2,1H3. The van der Waals surface area contributed by atoms with Crippen LogP contribution in [0.2, 0.25) is 0 Å². The Balaban J connectivity index is 1.76. The lowest BCUT2D eigenvalue weighted by molar-refractivity contribution is 0.0469. The molecule has 0 atom stereocenters. The molecule has 0 radical (unpaired) electrons. The maximum absolute atomic E-state index is 12.2. The van der Waals surface area contributed by atoms with E-state index >= 15 is 0 Å². The van der Waals surface area contributed by atoms with Gasteiger partial charge in [-0.15, -0.1) is 0 Å². The van der Waals surface area contributed by atoms with Crippen LogP contribution in [0, 0.1) is 0 Å². The number of phenolic OH excluding ortho intramolecular Hbond substituents is 1. The number of rotatable bonds is 4. The third kappa shape index (κ3) is 3.11. The van der Waals surface area contributed by atoms with Gasteiger partial charge in [0.2, 0.25) is 0 Å². The number of carbonyl (C=O) groups excluding carboxylic acids is 1. The van der Waals surface area contributed by atoms with E-state index in [0.29, 0.717) is 5.39 Å². The number of phenols is 1. The molecule has 0 unspecified atom stereocenters. The number of esters is 1. The van der Waals surface area contributed by atoms with Gasteiger partial charge in [0.1, 0.15) is 23.7 Å². The molecule has 3 aromatic carbocycles. The van der Waals surface area contributed by atoms with E-state index in [1.807, 2.05) is 30.3 Å². The fourth-order valence-corrected chi connectivity index (χ4v) is 2.37. The minimum Gasteiger partial charge on any atom is -0.506 e. The van der Waals surface area contributed by atoms with E-state index in [9.17, 15) is 9.90 Å². The van der Waals surface area contributed by atoms with Crippen LogP contribution >= 0.6 is 0 Å². The minimum atomic E-state index is -0.552. The first kappa shape index (κ1) is 14.9. The highest BCUT2D eigenvalue weighted by Crippen LogP contribution is 2.29. The highest BCUT2D eigenvalue weighted by molar-refractivity contribution is 6.01. The average molecular weight is 308 g/mol. The summed E-state index contributed by atoms with van der Waals surface area (Å²) in [5.41, 5.74) is 1.01. The third-order valence-electron chi connectivity index (χ3n) is 3.65. The van der Waals surface area contributed by atoms with Crippen LogP contribution in [0.1, 0.15) is 15.9 Å². The lowest BCUT2D eigenvalue weighted by Crippen LogP contribution is -2.05. The molecule has 0 aliphatic carbocycles. The van der Waals surface area contributed by atoms with Crippen molar-refractivity contribution in [1.29, 1.82) is 0 Å². The second kappa shape index (κ2) is 6.40. The number of fused-ring (bicyclic) bond motifs is 1. The summed E-state index contributed by atoms with van der Waals surface area (Å²) in [5, 5.41) is 11.8. The Morgan fingerprint density at radius 1 is 1.00 bits per heavy atom. The molecule has 4 nitrogen and oxygen atoms in total. The maximum Gasteiger partial charge on any atom is 0.342 e. The lowest BCUT2D eigenvalue weighted by Gasteiger charge is -2.09. The molecule has 0 aliphatic heterocycles. The van der Waals surface area contributed by atoms with E-state index in [1.54, 1.807) is 37.4 Å². The van der Waals surface area contributed by atoms with E-state index in [1.165, 1.54) is 0 Å². The van der Waals surface area contributed by atoms with Crippen molar-refractivity contribution in [1.82, 2.24) is 0 Å². The summed E-state index contributed by atoms with van der Waals surface area (Å²) >= 11 is 0. The highest BCUT2D eigenvalue weighted by atomic mass is 16.5. The Morgan fingerprint density at radius 2 is 1.74 bits per heavy atom. The molecule has 3 aromatic rings. The van der Waals surface area contributed by atoms with Crippen LogP contribution in [0.5, 0.6) is 11.5 Å². The molecule has 23 heavy (non-hydrogen) atoms. The van der Waals surface area contributed by atoms with Crippen molar-refractivity contribution in [2.24, 2.45) is 0 Å². The molecule has 0 saturated carbocycles. The third-order valence-corrected chi connectivity index (χ3v) is 3.65. The van der Waals surface area contributed by atoms with Gasteiger partial charge in [0.25, 0.3) is 0 Å². The zero-order chi connectivity index (χ0) is 16.2. The van der Waals surface area contributed by atoms with Crippen LogP contribution < -0.4 is 4.74 Å². The molecule has 4 heteroatoms. The van der Waals surface area contributed by atoms with Crippen molar-refractivity contribution in [2.75, 3.05) is 7.11 Å². The molecule has 0 fully saturated rings. The van der Waals surface area contributed by atoms with Crippen LogP contribution in [-0.2, 0) is 11.3 Å². The molecule has 0 saturated heterocycles. The first-order valence-corrected chi connectivity index (χ1v) is 7.20. The van der Waals surface area contributed by atoms with E-state index in [0.717, 1.165) is 16.7 Å². The lowest BCUT2D eigenvalue weighted by atomic mass is 10.1. The predicted octanol–water partition coefficient (Wildman–Crippen LogP) is 3.91. The van der Waals surface area contributed by atoms with Gasteiger partial charge in [-0.05, 0) is 29.1 Å². The number of carbonyl (C=O) groups is 1. The Morgan fingerprint density at radius 3 is 2.48 bits per heavy atom. The summed E-state index contributed by atoms with van der Waals surface area (Å²) in [4.78, 5) is 12.2. The number of hydrogen-bond donors (Lipinski definition) is 1. The smallest absolute Gasteiger partial charge is 0.342 e. The van der Waals surface area contributed by atoms with E-state index < -0.39 is 5.97 Å². The van der Waals surface area contributed by atoms with E-state index in [2.05, 4.69) is 0 Å². The van der Waals surface area contributed by atoms with Crippen molar-refractivity contribution in [3.63, 3.8) is 0 Å². The fourth-order valence-electron chi connectivity index (χ4n) is 2.37. The molecule has 116 valence electrons. The predicted molar refractivity (Wildman–Crippen MR) is 87.7 cm³/mol. The average Bonchev–Trinajstić information content (AvgIpc) is 2.60. The van der Waals surface area contributed by atoms with Crippen LogP contribution in [0.4, 0.5) is 0 Å². The normalized spacial score (nSPS) is 10.5. The summed E-state index contributed by atoms with van der Waals surface area (Å²) in [6.45, 7) is 0.134.